The molecule has 0 radical (unpaired) electrons. The Balaban J connectivity index is 2.52. The van der Waals surface area contributed by atoms with Crippen LogP contribution in [-0.4, -0.2) is 24.3 Å². The van der Waals surface area contributed by atoms with E-state index in [1.54, 1.807) is 20.1 Å². The highest BCUT2D eigenvalue weighted by Crippen LogP contribution is 2.26. The van der Waals surface area contributed by atoms with Gasteiger partial charge in [-0.1, -0.05) is 0 Å². The van der Waals surface area contributed by atoms with Crippen molar-refractivity contribution in [2.75, 3.05) is 13.7 Å². The molecule has 5 heteroatoms. The number of ether oxygens (including phenoxy) is 2. The van der Waals surface area contributed by atoms with Crippen LogP contribution in [0.4, 0.5) is 0 Å². The molecule has 108 valence electrons. The molecular weight excluding hydrogens is 268 g/mol. The van der Waals surface area contributed by atoms with Gasteiger partial charge in [-0.3, -0.25) is 0 Å². The van der Waals surface area contributed by atoms with E-state index in [9.17, 15) is 4.79 Å². The first-order valence-corrected chi connectivity index (χ1v) is 6.52. The quantitative estimate of drug-likeness (QED) is 0.492. The second-order valence-corrected chi connectivity index (χ2v) is 4.47. The number of carbonyl (C=O) groups is 1. The number of nitrogens with zero attached hydrogens (tertiary/aromatic N) is 2. The van der Waals surface area contributed by atoms with E-state index in [1.807, 2.05) is 42.1 Å². The highest BCUT2D eigenvalue weighted by Gasteiger charge is 2.12. The number of nitriles is 1. The first-order chi connectivity index (χ1) is 10.1. The maximum atomic E-state index is 11.7. The fourth-order valence-electron chi connectivity index (χ4n) is 2.14. The van der Waals surface area contributed by atoms with Crippen molar-refractivity contribution in [3.63, 3.8) is 0 Å². The minimum Gasteiger partial charge on any atom is -0.497 e. The van der Waals surface area contributed by atoms with Gasteiger partial charge in [0, 0.05) is 30.3 Å². The molecule has 0 spiro atoms. The van der Waals surface area contributed by atoms with Crippen LogP contribution >= 0.6 is 0 Å². The Hall–Kier alpha value is -2.74. The van der Waals surface area contributed by atoms with E-state index in [4.69, 9.17) is 14.7 Å². The van der Waals surface area contributed by atoms with Crippen LogP contribution in [0.3, 0.4) is 0 Å². The second kappa shape index (κ2) is 6.14. The summed E-state index contributed by atoms with van der Waals surface area (Å²) in [6, 6.07) is 7.54. The van der Waals surface area contributed by atoms with E-state index in [-0.39, 0.29) is 12.2 Å². The van der Waals surface area contributed by atoms with E-state index in [0.29, 0.717) is 0 Å². The molecule has 0 atom stereocenters. The molecule has 1 heterocycles. The zero-order valence-corrected chi connectivity index (χ0v) is 12.2. The van der Waals surface area contributed by atoms with Crippen LogP contribution in [0.15, 0.2) is 30.0 Å². The van der Waals surface area contributed by atoms with Crippen molar-refractivity contribution in [3.8, 4) is 11.8 Å². The number of benzene rings is 1. The maximum absolute atomic E-state index is 11.7. The number of hydrogen-bond donors (Lipinski definition) is 0. The van der Waals surface area contributed by atoms with Gasteiger partial charge in [0.15, 0.2) is 0 Å². The van der Waals surface area contributed by atoms with Gasteiger partial charge in [0.2, 0.25) is 0 Å². The van der Waals surface area contributed by atoms with Gasteiger partial charge < -0.3 is 14.0 Å². The SMILES string of the molecule is CCOC(=O)/C(C#N)=C/c1cn(C)c2cc(OC)ccc12. The third-order valence-electron chi connectivity index (χ3n) is 3.14. The number of methoxy groups -OCH3 is 1. The van der Waals surface area contributed by atoms with Crippen molar-refractivity contribution in [3.05, 3.63) is 35.5 Å². The minimum absolute atomic E-state index is 0.0137. The van der Waals surface area contributed by atoms with Crippen molar-refractivity contribution in [2.24, 2.45) is 7.05 Å². The zero-order valence-electron chi connectivity index (χ0n) is 12.2. The Kier molecular flexibility index (Phi) is 4.29. The Morgan fingerprint density at radius 3 is 2.86 bits per heavy atom. The Labute approximate surface area is 123 Å². The number of aryl methyl sites for hydroxylation is 1. The molecular formula is C16H16N2O3. The number of fused-ring (bicyclic) bond motifs is 1. The molecule has 1 aromatic heterocycles. The van der Waals surface area contributed by atoms with Gasteiger partial charge in [-0.15, -0.1) is 0 Å². The molecule has 0 amide bonds. The van der Waals surface area contributed by atoms with Gasteiger partial charge in [0.25, 0.3) is 0 Å². The summed E-state index contributed by atoms with van der Waals surface area (Å²) in [6.07, 6.45) is 3.41. The van der Waals surface area contributed by atoms with Crippen LogP contribution in [0, 0.1) is 11.3 Å². The normalized spacial score (nSPS) is 11.2. The smallest absolute Gasteiger partial charge is 0.348 e. The van der Waals surface area contributed by atoms with Crippen molar-refractivity contribution >= 4 is 22.9 Å². The third-order valence-corrected chi connectivity index (χ3v) is 3.14. The lowest BCUT2D eigenvalue weighted by Gasteiger charge is -2.01. The van der Waals surface area contributed by atoms with Crippen LogP contribution in [0.25, 0.3) is 17.0 Å². The number of hydrogen-bond acceptors (Lipinski definition) is 4. The molecule has 2 rings (SSSR count). The largest absolute Gasteiger partial charge is 0.497 e. The minimum atomic E-state index is -0.606. The number of esters is 1. The third kappa shape index (κ3) is 2.90. The molecule has 0 fully saturated rings. The van der Waals surface area contributed by atoms with Crippen molar-refractivity contribution in [2.45, 2.75) is 6.92 Å². The molecule has 0 aliphatic carbocycles. The molecule has 0 saturated heterocycles. The van der Waals surface area contributed by atoms with E-state index < -0.39 is 5.97 Å². The van der Waals surface area contributed by atoms with Crippen LogP contribution in [0.2, 0.25) is 0 Å². The predicted molar refractivity (Wildman–Crippen MR) is 79.7 cm³/mol. The predicted octanol–water partition coefficient (Wildman–Crippen LogP) is 2.66. The lowest BCUT2D eigenvalue weighted by molar-refractivity contribution is -0.137. The number of carbonyl (C=O) groups excluding carboxylic acids is 1. The monoisotopic (exact) mass is 284 g/mol. The first kappa shape index (κ1) is 14.7. The van der Waals surface area contributed by atoms with E-state index >= 15 is 0 Å². The van der Waals surface area contributed by atoms with Gasteiger partial charge >= 0.3 is 5.97 Å². The van der Waals surface area contributed by atoms with E-state index in [1.165, 1.54) is 0 Å². The molecule has 0 N–H and O–H groups in total. The van der Waals surface area contributed by atoms with Crippen molar-refractivity contribution < 1.29 is 14.3 Å². The Morgan fingerprint density at radius 1 is 1.48 bits per heavy atom. The molecule has 0 saturated carbocycles. The zero-order chi connectivity index (χ0) is 15.4. The first-order valence-electron chi connectivity index (χ1n) is 6.52. The lowest BCUT2D eigenvalue weighted by atomic mass is 10.1. The molecule has 2 aromatic rings. The fraction of sp³-hybridized carbons (Fsp3) is 0.250. The molecule has 0 unspecified atom stereocenters. The summed E-state index contributed by atoms with van der Waals surface area (Å²) < 4.78 is 12.0. The summed E-state index contributed by atoms with van der Waals surface area (Å²) in [4.78, 5) is 11.7. The molecule has 0 aliphatic rings. The summed E-state index contributed by atoms with van der Waals surface area (Å²) in [5.41, 5.74) is 1.74. The van der Waals surface area contributed by atoms with E-state index in [2.05, 4.69) is 0 Å². The van der Waals surface area contributed by atoms with Crippen LogP contribution in [0.5, 0.6) is 5.75 Å². The standard InChI is InChI=1S/C16H16N2O3/c1-4-21-16(19)11(9-17)7-12-10-18(2)15-8-13(20-3)5-6-14(12)15/h5-8,10H,4H2,1-3H3/b11-7+. The Morgan fingerprint density at radius 2 is 2.24 bits per heavy atom. The molecule has 0 bridgehead atoms. The van der Waals surface area contributed by atoms with Gasteiger partial charge in [-0.2, -0.15) is 5.26 Å². The van der Waals surface area contributed by atoms with Crippen LogP contribution in [0.1, 0.15) is 12.5 Å². The van der Waals surface area contributed by atoms with Crippen molar-refractivity contribution in [1.29, 1.82) is 5.26 Å². The average Bonchev–Trinajstić information content (AvgIpc) is 2.80. The molecule has 21 heavy (non-hydrogen) atoms. The highest BCUT2D eigenvalue weighted by atomic mass is 16.5. The maximum Gasteiger partial charge on any atom is 0.348 e. The number of aromatic nitrogens is 1. The molecule has 0 aliphatic heterocycles. The van der Waals surface area contributed by atoms with Gasteiger partial charge in [-0.05, 0) is 25.1 Å². The fourth-order valence-corrected chi connectivity index (χ4v) is 2.14. The summed E-state index contributed by atoms with van der Waals surface area (Å²) in [6.45, 7) is 1.95. The Bertz CT molecular complexity index is 751. The van der Waals surface area contributed by atoms with Gasteiger partial charge in [0.1, 0.15) is 17.4 Å². The van der Waals surface area contributed by atoms with Gasteiger partial charge in [-0.25, -0.2) is 4.79 Å². The van der Waals surface area contributed by atoms with Gasteiger partial charge in [0.05, 0.1) is 19.2 Å². The second-order valence-electron chi connectivity index (χ2n) is 4.47. The van der Waals surface area contributed by atoms with Crippen molar-refractivity contribution in [1.82, 2.24) is 4.57 Å². The summed E-state index contributed by atoms with van der Waals surface area (Å²) in [7, 11) is 3.51. The summed E-state index contributed by atoms with van der Waals surface area (Å²) in [5, 5.41) is 10.0. The van der Waals surface area contributed by atoms with Crippen LogP contribution in [-0.2, 0) is 16.6 Å². The summed E-state index contributed by atoms with van der Waals surface area (Å²) >= 11 is 0. The highest BCUT2D eigenvalue weighted by molar-refractivity contribution is 6.01. The number of rotatable bonds is 4. The molecule has 1 aromatic carbocycles. The van der Waals surface area contributed by atoms with E-state index in [0.717, 1.165) is 22.2 Å². The molecule has 5 nitrogen and oxygen atoms in total. The summed E-state index contributed by atoms with van der Waals surface area (Å²) in [5.74, 6) is 0.149. The van der Waals surface area contributed by atoms with Crippen LogP contribution < -0.4 is 4.74 Å². The lowest BCUT2D eigenvalue weighted by Crippen LogP contribution is -2.05. The average molecular weight is 284 g/mol. The topological polar surface area (TPSA) is 64.2 Å².